The summed E-state index contributed by atoms with van der Waals surface area (Å²) in [6.45, 7) is 0.809. The highest BCUT2D eigenvalue weighted by Gasteiger charge is 2.28. The van der Waals surface area contributed by atoms with E-state index < -0.39 is 7.12 Å². The SMILES string of the molecule is OB1OCCc2cc3c(cc21)OCO3. The number of ether oxygens (including phenoxy) is 2. The summed E-state index contributed by atoms with van der Waals surface area (Å²) in [6.07, 6.45) is 0.809. The van der Waals surface area contributed by atoms with Gasteiger partial charge >= 0.3 is 7.12 Å². The van der Waals surface area contributed by atoms with Crippen molar-refractivity contribution in [3.8, 4) is 11.5 Å². The molecule has 2 aliphatic heterocycles. The second-order valence-electron chi connectivity index (χ2n) is 3.38. The van der Waals surface area contributed by atoms with Crippen molar-refractivity contribution in [3.63, 3.8) is 0 Å². The molecule has 0 aromatic heterocycles. The number of benzene rings is 1. The lowest BCUT2D eigenvalue weighted by Gasteiger charge is -2.18. The van der Waals surface area contributed by atoms with E-state index in [2.05, 4.69) is 0 Å². The van der Waals surface area contributed by atoms with Gasteiger partial charge in [-0.2, -0.15) is 0 Å². The molecule has 2 heterocycles. The van der Waals surface area contributed by atoms with E-state index in [9.17, 15) is 5.02 Å². The largest absolute Gasteiger partial charge is 0.491 e. The quantitative estimate of drug-likeness (QED) is 0.572. The molecule has 4 nitrogen and oxygen atoms in total. The fourth-order valence-electron chi connectivity index (χ4n) is 1.82. The molecule has 0 amide bonds. The molecule has 1 aromatic carbocycles. The van der Waals surface area contributed by atoms with Crippen LogP contribution in [0.25, 0.3) is 0 Å². The molecule has 1 aromatic rings. The molecule has 0 saturated carbocycles. The normalized spacial score (nSPS) is 18.2. The Morgan fingerprint density at radius 3 is 2.86 bits per heavy atom. The Kier molecular flexibility index (Phi) is 1.69. The molecular formula is C9H9BO4. The van der Waals surface area contributed by atoms with Gasteiger partial charge in [-0.05, 0) is 29.6 Å². The number of rotatable bonds is 0. The Bertz CT molecular complexity index is 379. The summed E-state index contributed by atoms with van der Waals surface area (Å²) in [7, 11) is -0.826. The lowest BCUT2D eigenvalue weighted by Crippen LogP contribution is -2.41. The second-order valence-corrected chi connectivity index (χ2v) is 3.38. The van der Waals surface area contributed by atoms with Crippen LogP contribution >= 0.6 is 0 Å². The zero-order valence-corrected chi connectivity index (χ0v) is 7.53. The van der Waals surface area contributed by atoms with Crippen molar-refractivity contribution in [2.75, 3.05) is 13.4 Å². The van der Waals surface area contributed by atoms with Gasteiger partial charge in [0.25, 0.3) is 0 Å². The molecule has 0 spiro atoms. The average molecular weight is 192 g/mol. The first-order valence-electron chi connectivity index (χ1n) is 4.57. The second kappa shape index (κ2) is 2.90. The van der Waals surface area contributed by atoms with Crippen molar-refractivity contribution >= 4 is 12.6 Å². The van der Waals surface area contributed by atoms with Crippen LogP contribution in [0.3, 0.4) is 0 Å². The molecule has 5 heteroatoms. The van der Waals surface area contributed by atoms with Crippen LogP contribution in [-0.2, 0) is 11.1 Å². The van der Waals surface area contributed by atoms with Crippen molar-refractivity contribution in [1.82, 2.24) is 0 Å². The topological polar surface area (TPSA) is 47.9 Å². The minimum Gasteiger partial charge on any atom is -0.454 e. The third-order valence-corrected chi connectivity index (χ3v) is 2.55. The summed E-state index contributed by atoms with van der Waals surface area (Å²) in [5, 5.41) is 9.57. The van der Waals surface area contributed by atoms with Gasteiger partial charge in [0.1, 0.15) is 0 Å². The zero-order chi connectivity index (χ0) is 9.54. The maximum Gasteiger partial charge on any atom is 0.491 e. The molecule has 72 valence electrons. The van der Waals surface area contributed by atoms with Crippen molar-refractivity contribution in [3.05, 3.63) is 17.7 Å². The summed E-state index contributed by atoms with van der Waals surface area (Å²) < 4.78 is 15.6. The third-order valence-electron chi connectivity index (χ3n) is 2.55. The maximum atomic E-state index is 9.57. The lowest BCUT2D eigenvalue weighted by atomic mass is 9.73. The molecule has 0 radical (unpaired) electrons. The van der Waals surface area contributed by atoms with E-state index in [0.717, 1.165) is 23.2 Å². The zero-order valence-electron chi connectivity index (χ0n) is 7.53. The van der Waals surface area contributed by atoms with Crippen LogP contribution in [0.2, 0.25) is 0 Å². The maximum absolute atomic E-state index is 9.57. The predicted molar refractivity (Wildman–Crippen MR) is 49.8 cm³/mol. The molecule has 0 bridgehead atoms. The van der Waals surface area contributed by atoms with Gasteiger partial charge in [-0.15, -0.1) is 0 Å². The van der Waals surface area contributed by atoms with Crippen molar-refractivity contribution in [2.45, 2.75) is 6.42 Å². The van der Waals surface area contributed by atoms with E-state index in [1.807, 2.05) is 6.07 Å². The lowest BCUT2D eigenvalue weighted by molar-refractivity contribution is 0.174. The number of fused-ring (bicyclic) bond motifs is 2. The summed E-state index contributed by atoms with van der Waals surface area (Å²) in [5.74, 6) is 1.45. The Morgan fingerprint density at radius 2 is 2.00 bits per heavy atom. The van der Waals surface area contributed by atoms with Crippen LogP contribution in [0.4, 0.5) is 0 Å². The van der Waals surface area contributed by atoms with E-state index in [1.165, 1.54) is 0 Å². The molecule has 0 atom stereocenters. The fraction of sp³-hybridized carbons (Fsp3) is 0.333. The third kappa shape index (κ3) is 1.09. The average Bonchev–Trinajstić information content (AvgIpc) is 2.62. The van der Waals surface area contributed by atoms with Gasteiger partial charge < -0.3 is 19.2 Å². The standard InChI is InChI=1S/C9H9BO4/c11-10-7-4-9-8(12-5-13-9)3-6(7)1-2-14-10/h3-4,11H,1-2,5H2. The summed E-state index contributed by atoms with van der Waals surface area (Å²) >= 11 is 0. The van der Waals surface area contributed by atoms with E-state index in [1.54, 1.807) is 6.07 Å². The van der Waals surface area contributed by atoms with Crippen molar-refractivity contribution in [2.24, 2.45) is 0 Å². The van der Waals surface area contributed by atoms with Crippen LogP contribution in [0, 0.1) is 0 Å². The Labute approximate surface area is 81.5 Å². The van der Waals surface area contributed by atoms with Crippen molar-refractivity contribution < 1.29 is 19.2 Å². The van der Waals surface area contributed by atoms with Crippen LogP contribution in [0.1, 0.15) is 5.56 Å². The van der Waals surface area contributed by atoms with Crippen LogP contribution < -0.4 is 14.9 Å². The molecular weight excluding hydrogens is 183 g/mol. The first kappa shape index (κ1) is 8.14. The molecule has 1 N–H and O–H groups in total. The Morgan fingerprint density at radius 1 is 1.21 bits per heavy atom. The fourth-order valence-corrected chi connectivity index (χ4v) is 1.82. The van der Waals surface area contributed by atoms with Crippen LogP contribution in [0.15, 0.2) is 12.1 Å². The van der Waals surface area contributed by atoms with Gasteiger partial charge in [0, 0.05) is 6.61 Å². The van der Waals surface area contributed by atoms with E-state index in [-0.39, 0.29) is 6.79 Å². The van der Waals surface area contributed by atoms with E-state index >= 15 is 0 Å². The van der Waals surface area contributed by atoms with Crippen molar-refractivity contribution in [1.29, 1.82) is 0 Å². The molecule has 0 unspecified atom stereocenters. The molecule has 14 heavy (non-hydrogen) atoms. The number of hydrogen-bond donors (Lipinski definition) is 1. The number of hydrogen-bond acceptors (Lipinski definition) is 4. The van der Waals surface area contributed by atoms with Gasteiger partial charge in [-0.3, -0.25) is 0 Å². The van der Waals surface area contributed by atoms with Gasteiger partial charge in [-0.1, -0.05) is 0 Å². The van der Waals surface area contributed by atoms with Crippen LogP contribution in [-0.4, -0.2) is 25.5 Å². The molecule has 3 rings (SSSR count). The molecule has 0 fully saturated rings. The molecule has 0 saturated heterocycles. The summed E-state index contributed by atoms with van der Waals surface area (Å²) in [4.78, 5) is 0. The minimum atomic E-state index is -0.826. The first-order chi connectivity index (χ1) is 6.84. The predicted octanol–water partition coefficient (Wildman–Crippen LogP) is -0.325. The van der Waals surface area contributed by atoms with Gasteiger partial charge in [0.2, 0.25) is 6.79 Å². The highest BCUT2D eigenvalue weighted by atomic mass is 16.7. The Balaban J connectivity index is 2.12. The first-order valence-corrected chi connectivity index (χ1v) is 4.57. The Hall–Kier alpha value is -1.20. The van der Waals surface area contributed by atoms with E-state index in [4.69, 9.17) is 14.1 Å². The summed E-state index contributed by atoms with van der Waals surface area (Å²) in [5.41, 5.74) is 1.87. The molecule has 0 aliphatic carbocycles. The smallest absolute Gasteiger partial charge is 0.454 e. The molecule has 2 aliphatic rings. The van der Waals surface area contributed by atoms with Crippen LogP contribution in [0.5, 0.6) is 11.5 Å². The monoisotopic (exact) mass is 192 g/mol. The highest BCUT2D eigenvalue weighted by Crippen LogP contribution is 2.32. The van der Waals surface area contributed by atoms with Gasteiger partial charge in [0.05, 0.1) is 0 Å². The van der Waals surface area contributed by atoms with Gasteiger partial charge in [-0.25, -0.2) is 0 Å². The van der Waals surface area contributed by atoms with E-state index in [0.29, 0.717) is 12.4 Å². The summed E-state index contributed by atoms with van der Waals surface area (Å²) in [6, 6.07) is 3.71. The highest BCUT2D eigenvalue weighted by molar-refractivity contribution is 6.61. The van der Waals surface area contributed by atoms with Gasteiger partial charge in [0.15, 0.2) is 11.5 Å². The minimum absolute atomic E-state index is 0.259.